The van der Waals surface area contributed by atoms with E-state index in [4.69, 9.17) is 10.3 Å². The first-order valence-electron chi connectivity index (χ1n) is 4.36. The third-order valence-corrected chi connectivity index (χ3v) is 3.16. The van der Waals surface area contributed by atoms with Crippen LogP contribution in [0.2, 0.25) is 3.67 Å². The fourth-order valence-electron chi connectivity index (χ4n) is 0.470. The molecule has 0 saturated heterocycles. The van der Waals surface area contributed by atoms with Crippen LogP contribution in [-0.2, 0) is 10.1 Å². The van der Waals surface area contributed by atoms with E-state index in [2.05, 4.69) is 6.92 Å². The Balaban J connectivity index is 0. The molecule has 4 nitrogen and oxygen atoms in total. The Hall–Kier alpha value is 0.870. The normalized spacial score (nSPS) is 11.9. The molecule has 0 rings (SSSR count). The number of hydrogen-bond donors (Lipinski definition) is 2. The van der Waals surface area contributed by atoms with Crippen molar-refractivity contribution >= 4 is 38.0 Å². The average Bonchev–Trinajstić information content (AvgIpc) is 1.80. The van der Waals surface area contributed by atoms with Crippen molar-refractivity contribution in [2.45, 2.75) is 36.4 Å². The molecule has 0 fully saturated rings. The van der Waals surface area contributed by atoms with E-state index in [1.807, 2.05) is 0 Å². The molecule has 0 unspecified atom stereocenters. The predicted molar refractivity (Wildman–Crippen MR) is 55.5 cm³/mol. The van der Waals surface area contributed by atoms with Gasteiger partial charge in [-0.2, -0.15) is 8.42 Å². The van der Waals surface area contributed by atoms with Crippen LogP contribution in [0.25, 0.3) is 0 Å². The molecule has 0 amide bonds. The Labute approximate surface area is 98.4 Å². The summed E-state index contributed by atoms with van der Waals surface area (Å²) in [6, 6.07) is 0. The average molecular weight is 219 g/mol. The summed E-state index contributed by atoms with van der Waals surface area (Å²) in [6.07, 6.45) is 1.38. The Morgan fingerprint density at radius 2 is 1.77 bits per heavy atom. The molecule has 0 spiro atoms. The zero-order chi connectivity index (χ0) is 11.1. The fourth-order valence-corrected chi connectivity index (χ4v) is 1.41. The van der Waals surface area contributed by atoms with Gasteiger partial charge in [0.1, 0.15) is 0 Å². The van der Waals surface area contributed by atoms with Crippen molar-refractivity contribution in [1.82, 2.24) is 0 Å². The first-order chi connectivity index (χ1) is 5.62. The quantitative estimate of drug-likeness (QED) is 0.538. The molecular formula is C7H18NNaO3S. The van der Waals surface area contributed by atoms with E-state index in [9.17, 15) is 8.42 Å². The molecule has 0 aliphatic carbocycles. The molecule has 13 heavy (non-hydrogen) atoms. The van der Waals surface area contributed by atoms with Gasteiger partial charge in [-0.15, -0.1) is 0 Å². The monoisotopic (exact) mass is 219 g/mol. The summed E-state index contributed by atoms with van der Waals surface area (Å²) in [5.41, 5.74) is 4.43. The molecule has 0 aliphatic rings. The van der Waals surface area contributed by atoms with Crippen molar-refractivity contribution in [3.05, 3.63) is 0 Å². The Bertz CT molecular complexity index is 206. The standard InChI is InChI=1S/C4H11NO3S.C3H7.Na/c1-4(2,5)3-9(6,7)8;1-3-2;/h3,5H2,1-2H3,(H,6,7,8);1,3H2,2H3;. The van der Waals surface area contributed by atoms with Crippen LogP contribution in [0.4, 0.5) is 0 Å². The molecular weight excluding hydrogens is 201 g/mol. The summed E-state index contributed by atoms with van der Waals surface area (Å²) in [7, 11) is -3.91. The molecule has 0 aromatic heterocycles. The van der Waals surface area contributed by atoms with Crippen molar-refractivity contribution in [2.24, 2.45) is 5.73 Å². The maximum absolute atomic E-state index is 10.1. The van der Waals surface area contributed by atoms with E-state index in [0.717, 1.165) is 0 Å². The fraction of sp³-hybridized carbons (Fsp3) is 1.00. The molecule has 0 aromatic rings. The van der Waals surface area contributed by atoms with Crippen LogP contribution in [0.1, 0.15) is 27.2 Å². The summed E-state index contributed by atoms with van der Waals surface area (Å²) in [5, 5.41) is 0. The second-order valence-corrected chi connectivity index (χ2v) is 6.17. The molecule has 0 saturated carbocycles. The molecule has 0 atom stereocenters. The van der Waals surface area contributed by atoms with Crippen LogP contribution < -0.4 is 5.73 Å². The van der Waals surface area contributed by atoms with E-state index >= 15 is 0 Å². The van der Waals surface area contributed by atoms with Gasteiger partial charge in [0.25, 0.3) is 10.1 Å². The van der Waals surface area contributed by atoms with Gasteiger partial charge in [0.2, 0.25) is 0 Å². The van der Waals surface area contributed by atoms with Crippen LogP contribution in [0, 0.1) is 0 Å². The van der Waals surface area contributed by atoms with E-state index < -0.39 is 21.4 Å². The molecule has 0 radical (unpaired) electrons. The molecule has 0 bridgehead atoms. The number of hydrogen-bond acceptors (Lipinski definition) is 3. The minimum atomic E-state index is -3.91. The van der Waals surface area contributed by atoms with E-state index in [0.29, 0.717) is 0 Å². The molecule has 0 heterocycles. The summed E-state index contributed by atoms with van der Waals surface area (Å²) < 4.78 is 29.9. The van der Waals surface area contributed by atoms with Crippen molar-refractivity contribution in [1.29, 1.82) is 0 Å². The van der Waals surface area contributed by atoms with E-state index in [-0.39, 0.29) is 0 Å². The van der Waals surface area contributed by atoms with Crippen molar-refractivity contribution in [2.75, 3.05) is 5.75 Å². The zero-order valence-electron chi connectivity index (χ0n) is 8.87. The van der Waals surface area contributed by atoms with E-state index in [1.165, 1.54) is 51.9 Å². The first kappa shape index (κ1) is 16.3. The van der Waals surface area contributed by atoms with Gasteiger partial charge in [-0.1, -0.05) is 0 Å². The molecule has 0 aliphatic heterocycles. The number of rotatable bonds is 3. The van der Waals surface area contributed by atoms with Crippen LogP contribution in [0.3, 0.4) is 0 Å². The summed E-state index contributed by atoms with van der Waals surface area (Å²) in [6.45, 7) is 5.27. The van der Waals surface area contributed by atoms with Gasteiger partial charge in [0, 0.05) is 5.54 Å². The topological polar surface area (TPSA) is 80.4 Å². The molecule has 76 valence electrons. The maximum atomic E-state index is 10.1. The second-order valence-electron chi connectivity index (χ2n) is 3.71. The Kier molecular flexibility index (Phi) is 9.03. The van der Waals surface area contributed by atoms with Gasteiger partial charge >= 0.3 is 44.9 Å². The third kappa shape index (κ3) is 24.6. The van der Waals surface area contributed by atoms with Crippen LogP contribution in [-0.4, -0.2) is 52.2 Å². The minimum absolute atomic E-state index is 0.403. The van der Waals surface area contributed by atoms with Gasteiger partial charge in [0.05, 0.1) is 5.75 Å². The van der Waals surface area contributed by atoms with Gasteiger partial charge in [0.15, 0.2) is 0 Å². The number of nitrogens with two attached hydrogens (primary N) is 1. The van der Waals surface area contributed by atoms with Crippen molar-refractivity contribution in [3.8, 4) is 0 Å². The Morgan fingerprint density at radius 1 is 1.46 bits per heavy atom. The van der Waals surface area contributed by atoms with E-state index in [1.54, 1.807) is 0 Å². The third-order valence-electron chi connectivity index (χ3n) is 1.05. The zero-order valence-corrected chi connectivity index (χ0v) is 11.7. The van der Waals surface area contributed by atoms with Gasteiger partial charge in [-0.3, -0.25) is 4.55 Å². The molecule has 0 aromatic carbocycles. The Morgan fingerprint density at radius 3 is 1.77 bits per heavy atom. The van der Waals surface area contributed by atoms with Crippen LogP contribution >= 0.6 is 0 Å². The van der Waals surface area contributed by atoms with Gasteiger partial charge < -0.3 is 5.73 Å². The predicted octanol–water partition coefficient (Wildman–Crippen LogP) is 0.595. The summed E-state index contributed by atoms with van der Waals surface area (Å²) >= 11 is 1.39. The van der Waals surface area contributed by atoms with Crippen molar-refractivity contribution in [3.63, 3.8) is 0 Å². The first-order valence-corrected chi connectivity index (χ1v) is 7.38. The summed E-state index contributed by atoms with van der Waals surface area (Å²) in [5.74, 6) is -0.403. The molecule has 6 heteroatoms. The van der Waals surface area contributed by atoms with Crippen LogP contribution in [0.5, 0.6) is 0 Å². The van der Waals surface area contributed by atoms with Crippen molar-refractivity contribution < 1.29 is 13.0 Å². The SMILES string of the molecule is CC(C)(N)CS(=O)(=O)O.CC[CH2][Na]. The molecule has 3 N–H and O–H groups in total. The van der Waals surface area contributed by atoms with Crippen LogP contribution in [0.15, 0.2) is 0 Å². The second kappa shape index (κ2) is 7.20. The van der Waals surface area contributed by atoms with Gasteiger partial charge in [-0.05, 0) is 13.8 Å². The summed E-state index contributed by atoms with van der Waals surface area (Å²) in [4.78, 5) is 0. The van der Waals surface area contributed by atoms with Gasteiger partial charge in [-0.25, -0.2) is 0 Å².